The number of ether oxygens (including phenoxy) is 1. The van der Waals surface area contributed by atoms with Crippen molar-refractivity contribution < 1.29 is 9.53 Å². The maximum Gasteiger partial charge on any atom is 0.248 e. The number of anilines is 1. The summed E-state index contributed by atoms with van der Waals surface area (Å²) in [5.74, 6) is 0.468. The van der Waals surface area contributed by atoms with Crippen molar-refractivity contribution in [2.24, 2.45) is 0 Å². The fourth-order valence-electron chi connectivity index (χ4n) is 3.99. The van der Waals surface area contributed by atoms with E-state index in [1.54, 1.807) is 13.2 Å². The number of fused-ring (bicyclic) bond motifs is 1. The number of benzene rings is 1. The molecule has 2 N–H and O–H groups in total. The molecule has 0 unspecified atom stereocenters. The van der Waals surface area contributed by atoms with Crippen LogP contribution < -0.4 is 10.1 Å². The molecular weight excluding hydrogens is 426 g/mol. The second-order valence-electron chi connectivity index (χ2n) is 8.51. The van der Waals surface area contributed by atoms with Crippen LogP contribution in [-0.2, 0) is 4.79 Å². The lowest BCUT2D eigenvalue weighted by atomic mass is 9.96. The van der Waals surface area contributed by atoms with Crippen LogP contribution in [0.3, 0.4) is 0 Å². The molecule has 0 saturated carbocycles. The molecule has 7 heteroatoms. The van der Waals surface area contributed by atoms with E-state index in [0.717, 1.165) is 44.5 Å². The first-order chi connectivity index (χ1) is 16.4. The molecule has 1 aromatic carbocycles. The van der Waals surface area contributed by atoms with E-state index in [2.05, 4.69) is 33.3 Å². The average Bonchev–Trinajstić information content (AvgIpc) is 3.24. The van der Waals surface area contributed by atoms with Gasteiger partial charge in [0, 0.05) is 65.2 Å². The molecule has 0 fully saturated rings. The number of likely N-dealkylation sites (N-methyl/N-ethyl adjacent to an activating group) is 1. The molecular formula is C27H29N5O2. The summed E-state index contributed by atoms with van der Waals surface area (Å²) in [5.41, 5.74) is 7.58. The van der Waals surface area contributed by atoms with Gasteiger partial charge in [-0.2, -0.15) is 0 Å². The lowest BCUT2D eigenvalue weighted by Crippen LogP contribution is -2.13. The fraction of sp³-hybridized carbons (Fsp3) is 0.222. The van der Waals surface area contributed by atoms with Gasteiger partial charge in [0.2, 0.25) is 5.91 Å². The van der Waals surface area contributed by atoms with Crippen molar-refractivity contribution in [2.75, 3.05) is 33.1 Å². The minimum Gasteiger partial charge on any atom is -0.497 e. The number of hydrogen-bond donors (Lipinski definition) is 2. The van der Waals surface area contributed by atoms with Crippen molar-refractivity contribution in [3.05, 3.63) is 72.3 Å². The molecule has 0 aliphatic carbocycles. The van der Waals surface area contributed by atoms with Crippen molar-refractivity contribution >= 4 is 22.6 Å². The Hall–Kier alpha value is -3.97. The minimum absolute atomic E-state index is 0.188. The number of aryl methyl sites for hydroxylation is 2. The highest BCUT2D eigenvalue weighted by molar-refractivity contribution is 6.01. The van der Waals surface area contributed by atoms with E-state index in [1.165, 1.54) is 0 Å². The summed E-state index contributed by atoms with van der Waals surface area (Å²) in [6.45, 7) is 4.76. The molecule has 4 aromatic rings. The molecule has 0 radical (unpaired) electrons. The summed E-state index contributed by atoms with van der Waals surface area (Å²) in [4.78, 5) is 26.7. The van der Waals surface area contributed by atoms with Crippen molar-refractivity contribution in [3.63, 3.8) is 0 Å². The maximum absolute atomic E-state index is 12.4. The Labute approximate surface area is 199 Å². The van der Waals surface area contributed by atoms with Gasteiger partial charge < -0.3 is 19.9 Å². The third-order valence-electron chi connectivity index (χ3n) is 5.63. The molecule has 0 spiro atoms. The van der Waals surface area contributed by atoms with Crippen LogP contribution in [0, 0.1) is 13.8 Å². The van der Waals surface area contributed by atoms with E-state index in [0.29, 0.717) is 18.0 Å². The summed E-state index contributed by atoms with van der Waals surface area (Å²) in [7, 11) is 5.52. The molecule has 0 aliphatic rings. The summed E-state index contributed by atoms with van der Waals surface area (Å²) in [5, 5.41) is 4.00. The number of carbonyl (C=O) groups is 1. The van der Waals surface area contributed by atoms with E-state index in [-0.39, 0.29) is 5.91 Å². The van der Waals surface area contributed by atoms with E-state index in [4.69, 9.17) is 4.74 Å². The first-order valence-corrected chi connectivity index (χ1v) is 11.1. The molecule has 4 rings (SSSR count). The zero-order valence-corrected chi connectivity index (χ0v) is 20.1. The van der Waals surface area contributed by atoms with Crippen LogP contribution in [0.4, 0.5) is 5.69 Å². The number of H-pyrrole nitrogens is 1. The van der Waals surface area contributed by atoms with Gasteiger partial charge in [0.15, 0.2) is 0 Å². The van der Waals surface area contributed by atoms with Crippen LogP contribution in [0.5, 0.6) is 5.75 Å². The van der Waals surface area contributed by atoms with E-state index < -0.39 is 0 Å². The van der Waals surface area contributed by atoms with Crippen molar-refractivity contribution in [1.29, 1.82) is 0 Å². The van der Waals surface area contributed by atoms with Gasteiger partial charge in [-0.3, -0.25) is 9.78 Å². The number of aromatic nitrogens is 3. The largest absolute Gasteiger partial charge is 0.497 e. The number of rotatable bonds is 7. The number of methoxy groups -OCH3 is 1. The summed E-state index contributed by atoms with van der Waals surface area (Å²) >= 11 is 0. The van der Waals surface area contributed by atoms with Crippen molar-refractivity contribution in [3.8, 4) is 28.0 Å². The monoisotopic (exact) mass is 455 g/mol. The quantitative estimate of drug-likeness (QED) is 0.384. The van der Waals surface area contributed by atoms with Crippen molar-refractivity contribution in [2.45, 2.75) is 13.8 Å². The Morgan fingerprint density at radius 3 is 2.68 bits per heavy atom. The third kappa shape index (κ3) is 5.00. The molecule has 0 bridgehead atoms. The van der Waals surface area contributed by atoms with E-state index in [9.17, 15) is 4.79 Å². The van der Waals surface area contributed by atoms with Gasteiger partial charge in [0.25, 0.3) is 0 Å². The summed E-state index contributed by atoms with van der Waals surface area (Å²) < 4.78 is 5.52. The Bertz CT molecular complexity index is 1370. The standard InChI is InChI=1S/C27H29N5O2/c1-17-11-19(8-9-28-17)24-16-30-27-26(24)18(2)23(15-29-27)20-12-21(14-22(13-20)34-5)31-25(33)7-6-10-32(3)4/h6-9,11-16H,10H2,1-5H3,(H,29,30)(H,31,33)/b7-6+. The van der Waals surface area contributed by atoms with Crippen LogP contribution in [-0.4, -0.2) is 53.5 Å². The molecule has 0 atom stereocenters. The molecule has 34 heavy (non-hydrogen) atoms. The zero-order chi connectivity index (χ0) is 24.2. The smallest absolute Gasteiger partial charge is 0.248 e. The topological polar surface area (TPSA) is 83.1 Å². The van der Waals surface area contributed by atoms with Gasteiger partial charge in [0.1, 0.15) is 11.4 Å². The number of nitrogens with one attached hydrogen (secondary N) is 2. The average molecular weight is 456 g/mol. The Kier molecular flexibility index (Phi) is 6.75. The van der Waals surface area contributed by atoms with Gasteiger partial charge in [0.05, 0.1) is 7.11 Å². The lowest BCUT2D eigenvalue weighted by Gasteiger charge is -2.13. The molecule has 7 nitrogen and oxygen atoms in total. The predicted octanol–water partition coefficient (Wildman–Crippen LogP) is 4.97. The van der Waals surface area contributed by atoms with Gasteiger partial charge in [-0.25, -0.2) is 4.98 Å². The highest BCUT2D eigenvalue weighted by Crippen LogP contribution is 2.37. The highest BCUT2D eigenvalue weighted by atomic mass is 16.5. The zero-order valence-electron chi connectivity index (χ0n) is 20.1. The molecule has 3 aromatic heterocycles. The third-order valence-corrected chi connectivity index (χ3v) is 5.63. The second-order valence-corrected chi connectivity index (χ2v) is 8.51. The molecule has 0 saturated heterocycles. The number of nitrogens with zero attached hydrogens (tertiary/aromatic N) is 3. The van der Waals surface area contributed by atoms with Crippen LogP contribution in [0.15, 0.2) is 61.1 Å². The van der Waals surface area contributed by atoms with E-state index >= 15 is 0 Å². The van der Waals surface area contributed by atoms with Crippen LogP contribution in [0.25, 0.3) is 33.3 Å². The Morgan fingerprint density at radius 1 is 1.12 bits per heavy atom. The predicted molar refractivity (Wildman–Crippen MR) is 137 cm³/mol. The molecule has 3 heterocycles. The Morgan fingerprint density at radius 2 is 1.94 bits per heavy atom. The summed E-state index contributed by atoms with van der Waals surface area (Å²) in [6, 6.07) is 9.78. The van der Waals surface area contributed by atoms with Crippen LogP contribution in [0.2, 0.25) is 0 Å². The van der Waals surface area contributed by atoms with Gasteiger partial charge in [-0.15, -0.1) is 0 Å². The van der Waals surface area contributed by atoms with Crippen molar-refractivity contribution in [1.82, 2.24) is 19.9 Å². The number of amides is 1. The number of aromatic amines is 1. The normalized spacial score (nSPS) is 11.5. The second kappa shape index (κ2) is 9.89. The number of carbonyl (C=O) groups excluding carboxylic acids is 1. The Balaban J connectivity index is 1.74. The van der Waals surface area contributed by atoms with Gasteiger partial charge in [-0.1, -0.05) is 6.08 Å². The number of hydrogen-bond acceptors (Lipinski definition) is 5. The maximum atomic E-state index is 12.4. The SMILES string of the molecule is COc1cc(NC(=O)/C=C/CN(C)C)cc(-c2cnc3[nH]cc(-c4ccnc(C)c4)c3c2C)c1. The van der Waals surface area contributed by atoms with E-state index in [1.807, 2.05) is 74.9 Å². The first kappa shape index (κ1) is 23.2. The molecule has 174 valence electrons. The fourth-order valence-corrected chi connectivity index (χ4v) is 3.99. The van der Waals surface area contributed by atoms with Gasteiger partial charge >= 0.3 is 0 Å². The number of pyridine rings is 2. The molecule has 0 aliphatic heterocycles. The van der Waals surface area contributed by atoms with Gasteiger partial charge in [-0.05, 0) is 68.9 Å². The minimum atomic E-state index is -0.188. The lowest BCUT2D eigenvalue weighted by molar-refractivity contribution is -0.111. The van der Waals surface area contributed by atoms with Crippen LogP contribution >= 0.6 is 0 Å². The first-order valence-electron chi connectivity index (χ1n) is 11.1. The highest BCUT2D eigenvalue weighted by Gasteiger charge is 2.15. The molecule has 1 amide bonds. The van der Waals surface area contributed by atoms with Crippen LogP contribution in [0.1, 0.15) is 11.3 Å². The summed E-state index contributed by atoms with van der Waals surface area (Å²) in [6.07, 6.45) is 9.03.